The van der Waals surface area contributed by atoms with Crippen LogP contribution in [0.4, 0.5) is 4.79 Å². The predicted molar refractivity (Wildman–Crippen MR) is 70.8 cm³/mol. The number of amides is 3. The van der Waals surface area contributed by atoms with Gasteiger partial charge in [0, 0.05) is 31.4 Å². The molecule has 7 nitrogen and oxygen atoms in total. The molecule has 0 aromatic rings. The van der Waals surface area contributed by atoms with E-state index in [0.717, 1.165) is 32.1 Å². The maximum absolute atomic E-state index is 11.7. The summed E-state index contributed by atoms with van der Waals surface area (Å²) in [5.41, 5.74) is 0.475. The van der Waals surface area contributed by atoms with Crippen molar-refractivity contribution in [2.45, 2.75) is 25.3 Å². The largest absolute Gasteiger partial charge is 0.386 e. The van der Waals surface area contributed by atoms with E-state index in [9.17, 15) is 9.59 Å². The van der Waals surface area contributed by atoms with Gasteiger partial charge in [-0.2, -0.15) is 0 Å². The van der Waals surface area contributed by atoms with E-state index < -0.39 is 6.03 Å². The van der Waals surface area contributed by atoms with Crippen LogP contribution in [0.5, 0.6) is 0 Å². The zero-order chi connectivity index (χ0) is 13.7. The number of piperidine rings is 1. The lowest BCUT2D eigenvalue weighted by Crippen LogP contribution is -2.49. The highest BCUT2D eigenvalue weighted by molar-refractivity contribution is 5.99. The molecular formula is C12H19N5O2. The highest BCUT2D eigenvalue weighted by Crippen LogP contribution is 2.09. The van der Waals surface area contributed by atoms with Crippen molar-refractivity contribution in [3.8, 4) is 0 Å². The van der Waals surface area contributed by atoms with Crippen LogP contribution >= 0.6 is 0 Å². The van der Waals surface area contributed by atoms with Crippen molar-refractivity contribution >= 4 is 18.2 Å². The summed E-state index contributed by atoms with van der Waals surface area (Å²) in [5.74, 6) is -0.267. The second-order valence-electron chi connectivity index (χ2n) is 4.66. The van der Waals surface area contributed by atoms with Gasteiger partial charge >= 0.3 is 6.03 Å². The molecule has 3 amide bonds. The molecular weight excluding hydrogens is 246 g/mol. The molecule has 19 heavy (non-hydrogen) atoms. The Hall–Kier alpha value is -1.89. The van der Waals surface area contributed by atoms with Gasteiger partial charge in [-0.25, -0.2) is 4.79 Å². The van der Waals surface area contributed by atoms with Crippen molar-refractivity contribution in [2.75, 3.05) is 19.6 Å². The van der Waals surface area contributed by atoms with Crippen LogP contribution in [0.15, 0.2) is 11.9 Å². The van der Waals surface area contributed by atoms with Crippen molar-refractivity contribution in [1.82, 2.24) is 20.9 Å². The molecule has 7 heteroatoms. The van der Waals surface area contributed by atoms with Crippen molar-refractivity contribution in [3.63, 3.8) is 0 Å². The number of nitrogens with one attached hydrogen (secondary N) is 4. The first-order valence-electron chi connectivity index (χ1n) is 6.49. The number of nitrogens with zero attached hydrogens (tertiary/aromatic N) is 1. The van der Waals surface area contributed by atoms with E-state index in [1.807, 2.05) is 0 Å². The molecule has 2 aliphatic heterocycles. The van der Waals surface area contributed by atoms with Crippen molar-refractivity contribution in [3.05, 3.63) is 11.9 Å². The number of allylic oxidation sites excluding steroid dienone is 1. The minimum Gasteiger partial charge on any atom is -0.386 e. The topological polar surface area (TPSA) is 97.3 Å². The Balaban J connectivity index is 1.96. The van der Waals surface area contributed by atoms with Crippen LogP contribution in [0.3, 0.4) is 0 Å². The van der Waals surface area contributed by atoms with Gasteiger partial charge in [0.1, 0.15) is 0 Å². The van der Waals surface area contributed by atoms with Crippen LogP contribution in [-0.4, -0.2) is 48.7 Å². The molecule has 0 radical (unpaired) electrons. The van der Waals surface area contributed by atoms with E-state index in [4.69, 9.17) is 5.41 Å². The molecule has 0 unspecified atom stereocenters. The zero-order valence-corrected chi connectivity index (χ0v) is 10.7. The molecule has 2 saturated heterocycles. The standard InChI is InChI=1S/C12H19N5O2/c13-7-10(8-15-9-1-4-14-5-2-9)17-6-3-11(18)16-12(17)19/h7-9,13-15H,1-6H2,(H,16,18,19)/b10-8+,13-7?. The minimum atomic E-state index is -0.460. The fraction of sp³-hybridized carbons (Fsp3) is 0.583. The smallest absolute Gasteiger partial charge is 0.328 e. The highest BCUT2D eigenvalue weighted by Gasteiger charge is 2.25. The Kier molecular flexibility index (Phi) is 4.51. The molecule has 0 spiro atoms. The Morgan fingerprint density at radius 2 is 2.11 bits per heavy atom. The number of carbonyl (C=O) groups is 2. The van der Waals surface area contributed by atoms with Gasteiger partial charge < -0.3 is 16.0 Å². The molecule has 0 aliphatic carbocycles. The first-order valence-corrected chi connectivity index (χ1v) is 6.49. The summed E-state index contributed by atoms with van der Waals surface area (Å²) >= 11 is 0. The Bertz CT molecular complexity index is 401. The van der Waals surface area contributed by atoms with Crippen LogP contribution in [-0.2, 0) is 4.79 Å². The van der Waals surface area contributed by atoms with Gasteiger partial charge in [0.2, 0.25) is 5.91 Å². The van der Waals surface area contributed by atoms with Crippen LogP contribution in [0.2, 0.25) is 0 Å². The average Bonchev–Trinajstić information content (AvgIpc) is 2.42. The third-order valence-electron chi connectivity index (χ3n) is 3.32. The van der Waals surface area contributed by atoms with Crippen molar-refractivity contribution in [1.29, 1.82) is 5.41 Å². The molecule has 104 valence electrons. The molecule has 0 saturated carbocycles. The zero-order valence-electron chi connectivity index (χ0n) is 10.7. The third-order valence-corrected chi connectivity index (χ3v) is 3.32. The van der Waals surface area contributed by atoms with Crippen LogP contribution in [0.1, 0.15) is 19.3 Å². The van der Waals surface area contributed by atoms with E-state index in [0.29, 0.717) is 18.3 Å². The van der Waals surface area contributed by atoms with E-state index in [1.165, 1.54) is 4.90 Å². The normalized spacial score (nSPS) is 22.1. The van der Waals surface area contributed by atoms with E-state index >= 15 is 0 Å². The summed E-state index contributed by atoms with van der Waals surface area (Å²) < 4.78 is 0. The van der Waals surface area contributed by atoms with E-state index in [-0.39, 0.29) is 12.3 Å². The lowest BCUT2D eigenvalue weighted by molar-refractivity contribution is -0.121. The molecule has 2 rings (SSSR count). The van der Waals surface area contributed by atoms with E-state index in [1.54, 1.807) is 6.20 Å². The van der Waals surface area contributed by atoms with Gasteiger partial charge in [-0.05, 0) is 25.9 Å². The number of urea groups is 1. The monoisotopic (exact) mass is 265 g/mol. The maximum Gasteiger partial charge on any atom is 0.328 e. The summed E-state index contributed by atoms with van der Waals surface area (Å²) in [4.78, 5) is 24.2. The lowest BCUT2D eigenvalue weighted by atomic mass is 10.1. The summed E-state index contributed by atoms with van der Waals surface area (Å²) in [6, 6.07) is -0.0937. The van der Waals surface area contributed by atoms with Crippen LogP contribution in [0.25, 0.3) is 0 Å². The molecule has 2 fully saturated rings. The Morgan fingerprint density at radius 1 is 1.37 bits per heavy atom. The number of hydrogen-bond acceptors (Lipinski definition) is 5. The van der Waals surface area contributed by atoms with Gasteiger partial charge in [-0.1, -0.05) is 0 Å². The average molecular weight is 265 g/mol. The molecule has 4 N–H and O–H groups in total. The van der Waals surface area contributed by atoms with Gasteiger partial charge in [0.05, 0.1) is 5.70 Å². The molecule has 2 heterocycles. The number of imide groups is 1. The predicted octanol–water partition coefficient (Wildman–Crippen LogP) is -0.239. The fourth-order valence-electron chi connectivity index (χ4n) is 2.20. The molecule has 2 aliphatic rings. The van der Waals surface area contributed by atoms with Gasteiger partial charge in [-0.15, -0.1) is 0 Å². The first-order chi connectivity index (χ1) is 9.20. The van der Waals surface area contributed by atoms with Gasteiger partial charge in [-0.3, -0.25) is 15.0 Å². The quantitative estimate of drug-likeness (QED) is 0.527. The maximum atomic E-state index is 11.7. The highest BCUT2D eigenvalue weighted by atomic mass is 16.2. The van der Waals surface area contributed by atoms with Gasteiger partial charge in [0.15, 0.2) is 0 Å². The lowest BCUT2D eigenvalue weighted by Gasteiger charge is -2.28. The fourth-order valence-corrected chi connectivity index (χ4v) is 2.20. The summed E-state index contributed by atoms with van der Waals surface area (Å²) in [7, 11) is 0. The molecule has 0 atom stereocenters. The SMILES string of the molecule is N=C/C(=C\NC1CCNCC1)N1CCC(=O)NC1=O. The molecule has 0 bridgehead atoms. The minimum absolute atomic E-state index is 0.267. The summed E-state index contributed by atoms with van der Waals surface area (Å²) in [6.07, 6.45) is 5.13. The summed E-state index contributed by atoms with van der Waals surface area (Å²) in [6.45, 7) is 2.27. The van der Waals surface area contributed by atoms with Crippen LogP contribution in [0, 0.1) is 5.41 Å². The second kappa shape index (κ2) is 6.33. The van der Waals surface area contributed by atoms with E-state index in [2.05, 4.69) is 16.0 Å². The second-order valence-corrected chi connectivity index (χ2v) is 4.66. The third kappa shape index (κ3) is 3.54. The number of rotatable bonds is 4. The Labute approximate surface area is 111 Å². The Morgan fingerprint density at radius 3 is 2.74 bits per heavy atom. The number of carbonyl (C=O) groups excluding carboxylic acids is 2. The van der Waals surface area contributed by atoms with Crippen LogP contribution < -0.4 is 16.0 Å². The number of hydrogen-bond donors (Lipinski definition) is 4. The molecule has 0 aromatic carbocycles. The van der Waals surface area contributed by atoms with Crippen molar-refractivity contribution < 1.29 is 9.59 Å². The van der Waals surface area contributed by atoms with Gasteiger partial charge in [0.25, 0.3) is 0 Å². The van der Waals surface area contributed by atoms with Crippen molar-refractivity contribution in [2.24, 2.45) is 0 Å². The first kappa shape index (κ1) is 13.5. The summed E-state index contributed by atoms with van der Waals surface area (Å²) in [5, 5.41) is 16.2. The molecule has 0 aromatic heterocycles.